The Morgan fingerprint density at radius 2 is 2.50 bits per heavy atom. The normalized spacial score (nSPS) is 10.8. The Balaban J connectivity index is 2.75. The minimum absolute atomic E-state index is 0.162. The molecular formula is C7H7N3OSe. The molecule has 2 aromatic heterocycles. The first-order valence-corrected chi connectivity index (χ1v) is 5.36. The number of aryl methyl sites for hydroxylation is 1. The monoisotopic (exact) mass is 229 g/mol. The van der Waals surface area contributed by atoms with E-state index in [-0.39, 0.29) is 20.1 Å². The van der Waals surface area contributed by atoms with Crippen LogP contribution < -0.4 is 5.56 Å². The van der Waals surface area contributed by atoms with E-state index in [4.69, 9.17) is 0 Å². The van der Waals surface area contributed by atoms with Gasteiger partial charge in [0.15, 0.2) is 0 Å². The summed E-state index contributed by atoms with van der Waals surface area (Å²) in [6.45, 7) is 2.06. The van der Waals surface area contributed by atoms with Crippen LogP contribution in [0.15, 0.2) is 17.1 Å². The molecule has 0 aliphatic heterocycles. The zero-order chi connectivity index (χ0) is 8.55. The van der Waals surface area contributed by atoms with Gasteiger partial charge in [-0.05, 0) is 0 Å². The summed E-state index contributed by atoms with van der Waals surface area (Å²) in [5, 5.41) is 4.27. The topological polar surface area (TPSA) is 47.3 Å². The number of hydrogen-bond donors (Lipinski definition) is 0. The SMILES string of the molecule is CCc1nn2ccc(=O)nc2[se]1. The van der Waals surface area contributed by atoms with Crippen molar-refractivity contribution in [2.75, 3.05) is 0 Å². The van der Waals surface area contributed by atoms with Crippen LogP contribution in [0.3, 0.4) is 0 Å². The molecule has 4 nitrogen and oxygen atoms in total. The standard InChI is InChI=1S/C7H7N3OSe/c1-2-6-9-10-4-3-5(11)8-7(10)12-6/h3-4H,2H2,1H3. The molecule has 12 heavy (non-hydrogen) atoms. The maximum absolute atomic E-state index is 10.9. The van der Waals surface area contributed by atoms with Crippen molar-refractivity contribution in [2.24, 2.45) is 0 Å². The van der Waals surface area contributed by atoms with Crippen LogP contribution in [-0.2, 0) is 6.42 Å². The second-order valence-corrected chi connectivity index (χ2v) is 4.53. The van der Waals surface area contributed by atoms with E-state index in [1.807, 2.05) is 0 Å². The van der Waals surface area contributed by atoms with E-state index in [2.05, 4.69) is 17.0 Å². The molecule has 62 valence electrons. The third-order valence-corrected chi connectivity index (χ3v) is 3.73. The van der Waals surface area contributed by atoms with E-state index in [1.54, 1.807) is 10.7 Å². The van der Waals surface area contributed by atoms with Crippen molar-refractivity contribution < 1.29 is 0 Å². The molecule has 0 saturated carbocycles. The molecule has 0 saturated heterocycles. The molecule has 2 heterocycles. The minimum atomic E-state index is -0.171. The zero-order valence-corrected chi connectivity index (χ0v) is 8.23. The maximum atomic E-state index is 10.9. The molecule has 2 aromatic rings. The fourth-order valence-electron chi connectivity index (χ4n) is 0.915. The summed E-state index contributed by atoms with van der Waals surface area (Å²) in [6.07, 6.45) is 2.62. The van der Waals surface area contributed by atoms with Gasteiger partial charge < -0.3 is 0 Å². The predicted molar refractivity (Wildman–Crippen MR) is 45.6 cm³/mol. The van der Waals surface area contributed by atoms with Gasteiger partial charge in [0.1, 0.15) is 0 Å². The zero-order valence-electron chi connectivity index (χ0n) is 6.52. The van der Waals surface area contributed by atoms with E-state index in [0.717, 1.165) is 15.5 Å². The average Bonchev–Trinajstić information content (AvgIpc) is 2.46. The molecular weight excluding hydrogens is 221 g/mol. The van der Waals surface area contributed by atoms with E-state index >= 15 is 0 Å². The average molecular weight is 228 g/mol. The van der Waals surface area contributed by atoms with Gasteiger partial charge in [0.2, 0.25) is 0 Å². The number of rotatable bonds is 1. The summed E-state index contributed by atoms with van der Waals surface area (Å²) < 4.78 is 3.65. The summed E-state index contributed by atoms with van der Waals surface area (Å²) in [7, 11) is 0. The Bertz CT molecular complexity index is 459. The molecule has 0 amide bonds. The van der Waals surface area contributed by atoms with Crippen molar-refractivity contribution in [3.05, 3.63) is 27.2 Å². The van der Waals surface area contributed by atoms with Gasteiger partial charge in [-0.1, -0.05) is 0 Å². The molecule has 0 atom stereocenters. The molecule has 0 aliphatic rings. The molecule has 0 aromatic carbocycles. The van der Waals surface area contributed by atoms with E-state index in [9.17, 15) is 4.79 Å². The van der Waals surface area contributed by atoms with Gasteiger partial charge in [-0.25, -0.2) is 0 Å². The Morgan fingerprint density at radius 3 is 3.25 bits per heavy atom. The number of aromatic nitrogens is 3. The van der Waals surface area contributed by atoms with Gasteiger partial charge in [0.05, 0.1) is 0 Å². The number of nitrogens with zero attached hydrogens (tertiary/aromatic N) is 3. The van der Waals surface area contributed by atoms with Gasteiger partial charge >= 0.3 is 74.2 Å². The van der Waals surface area contributed by atoms with Crippen LogP contribution in [0.1, 0.15) is 11.5 Å². The van der Waals surface area contributed by atoms with Crippen molar-refractivity contribution in [3.8, 4) is 0 Å². The van der Waals surface area contributed by atoms with Gasteiger partial charge in [-0.2, -0.15) is 0 Å². The molecule has 0 fully saturated rings. The second-order valence-electron chi connectivity index (χ2n) is 2.34. The molecule has 2 rings (SSSR count). The first-order chi connectivity index (χ1) is 5.79. The van der Waals surface area contributed by atoms with Crippen molar-refractivity contribution >= 4 is 19.0 Å². The quantitative estimate of drug-likeness (QED) is 0.630. The molecule has 5 heteroatoms. The fourth-order valence-corrected chi connectivity index (χ4v) is 2.62. The van der Waals surface area contributed by atoms with Crippen LogP contribution in [0.5, 0.6) is 0 Å². The number of fused-ring (bicyclic) bond motifs is 1. The van der Waals surface area contributed by atoms with Crippen LogP contribution in [0.4, 0.5) is 0 Å². The number of hydrogen-bond acceptors (Lipinski definition) is 3. The summed E-state index contributed by atoms with van der Waals surface area (Å²) in [6, 6.07) is 1.43. The summed E-state index contributed by atoms with van der Waals surface area (Å²) >= 11 is 0.162. The first kappa shape index (κ1) is 7.70. The molecule has 0 aliphatic carbocycles. The van der Waals surface area contributed by atoms with Crippen LogP contribution in [-0.4, -0.2) is 29.1 Å². The van der Waals surface area contributed by atoms with Crippen molar-refractivity contribution in [3.63, 3.8) is 0 Å². The molecule has 0 radical (unpaired) electrons. The molecule has 0 unspecified atom stereocenters. The first-order valence-electron chi connectivity index (χ1n) is 3.65. The van der Waals surface area contributed by atoms with Gasteiger partial charge in [-0.15, -0.1) is 0 Å². The Labute approximate surface area is 74.6 Å². The Kier molecular flexibility index (Phi) is 1.83. The van der Waals surface area contributed by atoms with E-state index in [1.165, 1.54) is 6.07 Å². The van der Waals surface area contributed by atoms with Crippen LogP contribution in [0, 0.1) is 0 Å². The van der Waals surface area contributed by atoms with E-state index < -0.39 is 0 Å². The molecule has 0 bridgehead atoms. The van der Waals surface area contributed by atoms with Crippen LogP contribution in [0.25, 0.3) is 4.52 Å². The fraction of sp³-hybridized carbons (Fsp3) is 0.286. The second kappa shape index (κ2) is 2.84. The predicted octanol–water partition coefficient (Wildman–Crippen LogP) is -0.291. The summed E-state index contributed by atoms with van der Waals surface area (Å²) in [4.78, 5) is 14.7. The van der Waals surface area contributed by atoms with E-state index in [0.29, 0.717) is 0 Å². The van der Waals surface area contributed by atoms with Crippen molar-refractivity contribution in [1.29, 1.82) is 0 Å². The summed E-state index contributed by atoms with van der Waals surface area (Å²) in [5.41, 5.74) is -0.171. The van der Waals surface area contributed by atoms with Crippen LogP contribution in [0.2, 0.25) is 0 Å². The van der Waals surface area contributed by atoms with Crippen molar-refractivity contribution in [1.82, 2.24) is 14.6 Å². The van der Waals surface area contributed by atoms with Gasteiger partial charge in [0, 0.05) is 0 Å². The molecule has 0 N–H and O–H groups in total. The Morgan fingerprint density at radius 1 is 1.67 bits per heavy atom. The van der Waals surface area contributed by atoms with Gasteiger partial charge in [0.25, 0.3) is 0 Å². The summed E-state index contributed by atoms with van der Waals surface area (Å²) in [5.74, 6) is 0. The Hall–Kier alpha value is -0.931. The van der Waals surface area contributed by atoms with Gasteiger partial charge in [-0.3, -0.25) is 0 Å². The van der Waals surface area contributed by atoms with Crippen molar-refractivity contribution in [2.45, 2.75) is 13.3 Å². The third kappa shape index (κ3) is 1.21. The third-order valence-electron chi connectivity index (χ3n) is 1.49. The van der Waals surface area contributed by atoms with Crippen LogP contribution >= 0.6 is 0 Å². The molecule has 0 spiro atoms.